The lowest BCUT2D eigenvalue weighted by molar-refractivity contribution is -0.141. The van der Waals surface area contributed by atoms with Gasteiger partial charge in [-0.05, 0) is 12.3 Å². The average molecular weight is 302 g/mol. The largest absolute Gasteiger partial charge is 0.480 e. The van der Waals surface area contributed by atoms with Crippen molar-refractivity contribution < 1.29 is 19.8 Å². The Morgan fingerprint density at radius 2 is 2.10 bits per heavy atom. The number of carbonyl (C=O) groups excluding carboxylic acids is 1. The predicted octanol–water partition coefficient (Wildman–Crippen LogP) is 0.905. The van der Waals surface area contributed by atoms with Gasteiger partial charge in [-0.2, -0.15) is 0 Å². The summed E-state index contributed by atoms with van der Waals surface area (Å²) in [6.07, 6.45) is 0.785. The van der Waals surface area contributed by atoms with Gasteiger partial charge in [-0.15, -0.1) is 11.8 Å². The Bertz CT molecular complexity index is 391. The lowest BCUT2D eigenvalue weighted by Gasteiger charge is -2.33. The van der Waals surface area contributed by atoms with E-state index in [-0.39, 0.29) is 29.8 Å². The Labute approximate surface area is 123 Å². The molecule has 2 amide bonds. The van der Waals surface area contributed by atoms with Crippen molar-refractivity contribution in [3.8, 4) is 0 Å². The first kappa shape index (κ1) is 15.4. The van der Waals surface area contributed by atoms with Crippen LogP contribution in [0.5, 0.6) is 0 Å². The van der Waals surface area contributed by atoms with E-state index in [1.54, 1.807) is 4.90 Å². The highest BCUT2D eigenvalue weighted by molar-refractivity contribution is 8.00. The predicted molar refractivity (Wildman–Crippen MR) is 76.5 cm³/mol. The summed E-state index contributed by atoms with van der Waals surface area (Å²) in [5.74, 6) is -0.160. The van der Waals surface area contributed by atoms with Crippen LogP contribution in [0.3, 0.4) is 0 Å². The number of carbonyl (C=O) groups is 2. The first-order valence-electron chi connectivity index (χ1n) is 6.98. The van der Waals surface area contributed by atoms with E-state index in [4.69, 9.17) is 5.11 Å². The summed E-state index contributed by atoms with van der Waals surface area (Å²) < 4.78 is 0. The van der Waals surface area contributed by atoms with Gasteiger partial charge in [-0.1, -0.05) is 13.8 Å². The van der Waals surface area contributed by atoms with E-state index in [9.17, 15) is 14.7 Å². The molecule has 2 N–H and O–H groups in total. The van der Waals surface area contributed by atoms with Gasteiger partial charge in [0.2, 0.25) is 0 Å². The molecule has 0 saturated carbocycles. The van der Waals surface area contributed by atoms with Gasteiger partial charge in [-0.25, -0.2) is 9.59 Å². The van der Waals surface area contributed by atoms with Gasteiger partial charge in [0, 0.05) is 31.4 Å². The first-order chi connectivity index (χ1) is 9.45. The highest BCUT2D eigenvalue weighted by atomic mass is 32.2. The number of carboxylic acids is 1. The number of hydrogen-bond donors (Lipinski definition) is 2. The van der Waals surface area contributed by atoms with Gasteiger partial charge < -0.3 is 15.1 Å². The van der Waals surface area contributed by atoms with Crippen LogP contribution in [0.1, 0.15) is 20.3 Å². The minimum atomic E-state index is -0.938. The Morgan fingerprint density at radius 3 is 2.60 bits per heavy atom. The number of aliphatic hydroxyl groups is 1. The van der Waals surface area contributed by atoms with Gasteiger partial charge in [-0.3, -0.25) is 4.90 Å². The molecule has 2 saturated heterocycles. The number of likely N-dealkylation sites (tertiary alicyclic amines) is 1. The highest BCUT2D eigenvalue weighted by Crippen LogP contribution is 2.35. The Morgan fingerprint density at radius 1 is 1.40 bits per heavy atom. The van der Waals surface area contributed by atoms with E-state index in [0.29, 0.717) is 18.8 Å². The van der Waals surface area contributed by atoms with Crippen molar-refractivity contribution >= 4 is 23.8 Å². The van der Waals surface area contributed by atoms with Crippen LogP contribution in [0.4, 0.5) is 4.79 Å². The molecule has 3 unspecified atom stereocenters. The molecule has 0 bridgehead atoms. The lowest BCUT2D eigenvalue weighted by atomic mass is 10.1. The second kappa shape index (κ2) is 6.22. The lowest BCUT2D eigenvalue weighted by Crippen LogP contribution is -2.52. The summed E-state index contributed by atoms with van der Waals surface area (Å²) in [6, 6.07) is -0.940. The van der Waals surface area contributed by atoms with E-state index in [1.165, 1.54) is 16.7 Å². The zero-order chi connectivity index (χ0) is 14.9. The normalized spacial score (nSPS) is 30.3. The molecule has 6 nitrogen and oxygen atoms in total. The molecule has 0 aromatic heterocycles. The van der Waals surface area contributed by atoms with Gasteiger partial charge in [0.1, 0.15) is 6.04 Å². The van der Waals surface area contributed by atoms with Crippen molar-refractivity contribution in [1.82, 2.24) is 9.80 Å². The van der Waals surface area contributed by atoms with E-state index in [2.05, 4.69) is 0 Å². The number of hydrogen-bond acceptors (Lipinski definition) is 4. The molecule has 0 radical (unpaired) electrons. The van der Waals surface area contributed by atoms with Crippen molar-refractivity contribution in [3.05, 3.63) is 0 Å². The van der Waals surface area contributed by atoms with Crippen LogP contribution < -0.4 is 0 Å². The molecule has 0 aromatic carbocycles. The standard InChI is InChI=1S/C13H22N2O4S/c1-8(2)11-15(10(7-20-11)12(17)18)13(19)14-4-3-9(5-14)6-16/h8-11,16H,3-7H2,1-2H3,(H,17,18). The van der Waals surface area contributed by atoms with Gasteiger partial charge >= 0.3 is 12.0 Å². The molecule has 2 aliphatic rings. The minimum absolute atomic E-state index is 0.0779. The van der Waals surface area contributed by atoms with Gasteiger partial charge in [0.15, 0.2) is 0 Å². The number of aliphatic carboxylic acids is 1. The maximum atomic E-state index is 12.6. The molecular weight excluding hydrogens is 280 g/mol. The van der Waals surface area contributed by atoms with Crippen LogP contribution in [-0.4, -0.2) is 68.9 Å². The van der Waals surface area contributed by atoms with Crippen molar-refractivity contribution in [2.24, 2.45) is 11.8 Å². The molecule has 20 heavy (non-hydrogen) atoms. The third kappa shape index (κ3) is 2.88. The second-order valence-electron chi connectivity index (χ2n) is 5.80. The Balaban J connectivity index is 2.13. The smallest absolute Gasteiger partial charge is 0.327 e. The van der Waals surface area contributed by atoms with Gasteiger partial charge in [0.05, 0.1) is 5.37 Å². The zero-order valence-corrected chi connectivity index (χ0v) is 12.7. The summed E-state index contributed by atoms with van der Waals surface area (Å²) in [5.41, 5.74) is 0. The second-order valence-corrected chi connectivity index (χ2v) is 6.94. The molecule has 2 aliphatic heterocycles. The monoisotopic (exact) mass is 302 g/mol. The molecule has 7 heteroatoms. The summed E-state index contributed by atoms with van der Waals surface area (Å²) in [5, 5.41) is 18.4. The minimum Gasteiger partial charge on any atom is -0.480 e. The van der Waals surface area contributed by atoms with Crippen LogP contribution in [-0.2, 0) is 4.79 Å². The molecule has 0 aromatic rings. The fourth-order valence-electron chi connectivity index (χ4n) is 2.79. The molecule has 0 aliphatic carbocycles. The third-order valence-electron chi connectivity index (χ3n) is 3.93. The van der Waals surface area contributed by atoms with E-state index >= 15 is 0 Å². The van der Waals surface area contributed by atoms with E-state index < -0.39 is 12.0 Å². The quantitative estimate of drug-likeness (QED) is 0.810. The molecule has 114 valence electrons. The summed E-state index contributed by atoms with van der Waals surface area (Å²) in [4.78, 5) is 27.2. The Kier molecular flexibility index (Phi) is 4.80. The summed E-state index contributed by atoms with van der Waals surface area (Å²) >= 11 is 1.54. The maximum absolute atomic E-state index is 12.6. The first-order valence-corrected chi connectivity index (χ1v) is 8.03. The van der Waals surface area contributed by atoms with Crippen molar-refractivity contribution in [2.75, 3.05) is 25.4 Å². The fraction of sp³-hybridized carbons (Fsp3) is 0.846. The number of thioether (sulfide) groups is 1. The van der Waals surface area contributed by atoms with E-state index in [0.717, 1.165) is 6.42 Å². The number of urea groups is 1. The van der Waals surface area contributed by atoms with Crippen molar-refractivity contribution in [1.29, 1.82) is 0 Å². The number of aliphatic hydroxyl groups excluding tert-OH is 1. The molecule has 0 spiro atoms. The Hall–Kier alpha value is -0.950. The third-order valence-corrected chi connectivity index (χ3v) is 5.55. The average Bonchev–Trinajstić information content (AvgIpc) is 3.04. The SMILES string of the molecule is CC(C)C1SCC(C(=O)O)N1C(=O)N1CCC(CO)C1. The van der Waals surface area contributed by atoms with Crippen molar-refractivity contribution in [3.63, 3.8) is 0 Å². The van der Waals surface area contributed by atoms with Crippen molar-refractivity contribution in [2.45, 2.75) is 31.7 Å². The van der Waals surface area contributed by atoms with Crippen LogP contribution in [0.25, 0.3) is 0 Å². The van der Waals surface area contributed by atoms with Crippen LogP contribution in [0.2, 0.25) is 0 Å². The number of rotatable bonds is 3. The number of amides is 2. The summed E-state index contributed by atoms with van der Waals surface area (Å²) in [6.45, 7) is 5.20. The fourth-order valence-corrected chi connectivity index (χ4v) is 4.26. The topological polar surface area (TPSA) is 81.1 Å². The number of carboxylic acid groups (broad SMARTS) is 1. The molecule has 3 atom stereocenters. The van der Waals surface area contributed by atoms with Gasteiger partial charge in [0.25, 0.3) is 0 Å². The van der Waals surface area contributed by atoms with E-state index in [1.807, 2.05) is 13.8 Å². The number of nitrogens with zero attached hydrogens (tertiary/aromatic N) is 2. The van der Waals surface area contributed by atoms with Crippen LogP contribution >= 0.6 is 11.8 Å². The molecule has 2 rings (SSSR count). The molecule has 2 heterocycles. The summed E-state index contributed by atoms with van der Waals surface area (Å²) in [7, 11) is 0. The zero-order valence-electron chi connectivity index (χ0n) is 11.9. The molecule has 2 fully saturated rings. The van der Waals surface area contributed by atoms with Crippen LogP contribution in [0.15, 0.2) is 0 Å². The molecular formula is C13H22N2O4S. The van der Waals surface area contributed by atoms with Crippen LogP contribution in [0, 0.1) is 11.8 Å². The highest BCUT2D eigenvalue weighted by Gasteiger charge is 2.45. The maximum Gasteiger partial charge on any atom is 0.327 e.